The highest BCUT2D eigenvalue weighted by molar-refractivity contribution is 5.30. The van der Waals surface area contributed by atoms with Crippen molar-refractivity contribution >= 4 is 5.95 Å². The molecule has 1 aliphatic rings. The summed E-state index contributed by atoms with van der Waals surface area (Å²) in [6.45, 7) is 4.18. The number of hydrogen-bond acceptors (Lipinski definition) is 3. The van der Waals surface area contributed by atoms with Gasteiger partial charge in [-0.2, -0.15) is 0 Å². The maximum atomic E-state index is 5.86. The molecule has 72 valence electrons. The molecule has 13 heavy (non-hydrogen) atoms. The van der Waals surface area contributed by atoms with Crippen molar-refractivity contribution < 1.29 is 0 Å². The second-order valence-corrected chi connectivity index (χ2v) is 3.77. The molecule has 1 aromatic heterocycles. The largest absolute Gasteiger partial charge is 0.342 e. The molecule has 0 radical (unpaired) electrons. The van der Waals surface area contributed by atoms with Crippen LogP contribution < -0.4 is 10.6 Å². The van der Waals surface area contributed by atoms with Gasteiger partial charge in [0.25, 0.3) is 0 Å². The van der Waals surface area contributed by atoms with Gasteiger partial charge in [0.05, 0.1) is 0 Å². The minimum Gasteiger partial charge on any atom is -0.342 e. The number of aromatic amines is 1. The number of hydrogen-bond donors (Lipinski definition) is 2. The van der Waals surface area contributed by atoms with Gasteiger partial charge >= 0.3 is 0 Å². The van der Waals surface area contributed by atoms with E-state index in [-0.39, 0.29) is 0 Å². The Morgan fingerprint density at radius 3 is 3.15 bits per heavy atom. The number of rotatable bonds is 2. The number of imidazole rings is 1. The quantitative estimate of drug-likeness (QED) is 0.700. The summed E-state index contributed by atoms with van der Waals surface area (Å²) >= 11 is 0. The van der Waals surface area contributed by atoms with Crippen molar-refractivity contribution in [3.63, 3.8) is 0 Å². The average molecular weight is 180 g/mol. The van der Waals surface area contributed by atoms with Crippen LogP contribution >= 0.6 is 0 Å². The molecule has 0 amide bonds. The van der Waals surface area contributed by atoms with Crippen molar-refractivity contribution in [2.24, 2.45) is 11.7 Å². The van der Waals surface area contributed by atoms with Crippen LogP contribution in [0.4, 0.5) is 5.95 Å². The van der Waals surface area contributed by atoms with E-state index in [2.05, 4.69) is 21.8 Å². The van der Waals surface area contributed by atoms with E-state index in [4.69, 9.17) is 5.73 Å². The van der Waals surface area contributed by atoms with Crippen LogP contribution in [0.5, 0.6) is 0 Å². The van der Waals surface area contributed by atoms with Crippen molar-refractivity contribution in [2.75, 3.05) is 18.0 Å². The first-order chi connectivity index (χ1) is 6.27. The molecule has 3 N–H and O–H groups in total. The first-order valence-electron chi connectivity index (χ1n) is 4.77. The molecule has 4 heteroatoms. The van der Waals surface area contributed by atoms with Crippen molar-refractivity contribution in [1.82, 2.24) is 9.97 Å². The molecule has 1 aromatic rings. The van der Waals surface area contributed by atoms with Gasteiger partial charge in [-0.25, -0.2) is 4.98 Å². The van der Waals surface area contributed by atoms with E-state index >= 15 is 0 Å². The summed E-state index contributed by atoms with van der Waals surface area (Å²) in [6.07, 6.45) is 4.82. The number of aromatic nitrogens is 2. The van der Waals surface area contributed by atoms with Gasteiger partial charge in [0.2, 0.25) is 5.95 Å². The molecule has 0 saturated carbocycles. The normalized spacial score (nSPS) is 25.1. The summed E-state index contributed by atoms with van der Waals surface area (Å²) in [5.41, 5.74) is 5.86. The molecule has 0 spiro atoms. The van der Waals surface area contributed by atoms with Gasteiger partial charge in [-0.05, 0) is 19.3 Å². The summed E-state index contributed by atoms with van der Waals surface area (Å²) in [5, 5.41) is 0. The summed E-state index contributed by atoms with van der Waals surface area (Å²) in [4.78, 5) is 9.59. The van der Waals surface area contributed by atoms with E-state index in [1.807, 2.05) is 6.20 Å². The average Bonchev–Trinajstić information content (AvgIpc) is 2.75. The Hall–Kier alpha value is -1.03. The van der Waals surface area contributed by atoms with Crippen molar-refractivity contribution in [2.45, 2.75) is 19.4 Å². The number of H-pyrrole nitrogens is 1. The van der Waals surface area contributed by atoms with Gasteiger partial charge < -0.3 is 15.6 Å². The van der Waals surface area contributed by atoms with E-state index in [0.717, 1.165) is 19.0 Å². The SMILES string of the molecule is CC(N)C1CCN(c2ncc[nH]2)C1. The van der Waals surface area contributed by atoms with Gasteiger partial charge in [-0.15, -0.1) is 0 Å². The predicted molar refractivity (Wildman–Crippen MR) is 52.6 cm³/mol. The molecular formula is C9H16N4. The van der Waals surface area contributed by atoms with E-state index in [0.29, 0.717) is 12.0 Å². The minimum absolute atomic E-state index is 0.292. The van der Waals surface area contributed by atoms with Crippen LogP contribution in [0.1, 0.15) is 13.3 Å². The highest BCUT2D eigenvalue weighted by atomic mass is 15.3. The van der Waals surface area contributed by atoms with Gasteiger partial charge in [-0.1, -0.05) is 0 Å². The fraction of sp³-hybridized carbons (Fsp3) is 0.667. The Morgan fingerprint density at radius 2 is 2.62 bits per heavy atom. The molecule has 0 aromatic carbocycles. The van der Waals surface area contributed by atoms with Crippen LogP contribution in [0.3, 0.4) is 0 Å². The molecule has 1 saturated heterocycles. The molecule has 0 bridgehead atoms. The third kappa shape index (κ3) is 1.67. The number of anilines is 1. The van der Waals surface area contributed by atoms with Crippen molar-refractivity contribution in [1.29, 1.82) is 0 Å². The monoisotopic (exact) mass is 180 g/mol. The van der Waals surface area contributed by atoms with E-state index in [1.54, 1.807) is 6.20 Å². The Morgan fingerprint density at radius 1 is 1.77 bits per heavy atom. The Balaban J connectivity index is 1.99. The van der Waals surface area contributed by atoms with Crippen LogP contribution in [0.15, 0.2) is 12.4 Å². The van der Waals surface area contributed by atoms with Crippen LogP contribution in [0.25, 0.3) is 0 Å². The smallest absolute Gasteiger partial charge is 0.202 e. The lowest BCUT2D eigenvalue weighted by Crippen LogP contribution is -2.30. The van der Waals surface area contributed by atoms with Crippen LogP contribution in [-0.4, -0.2) is 29.1 Å². The lowest BCUT2D eigenvalue weighted by atomic mass is 10.0. The van der Waals surface area contributed by atoms with E-state index in [1.165, 1.54) is 6.42 Å². The zero-order valence-corrected chi connectivity index (χ0v) is 7.90. The summed E-state index contributed by atoms with van der Waals surface area (Å²) in [6, 6.07) is 0.292. The van der Waals surface area contributed by atoms with Gasteiger partial charge in [0, 0.05) is 31.5 Å². The third-order valence-corrected chi connectivity index (χ3v) is 2.75. The molecule has 2 heterocycles. The van der Waals surface area contributed by atoms with Crippen molar-refractivity contribution in [3.05, 3.63) is 12.4 Å². The van der Waals surface area contributed by atoms with E-state index < -0.39 is 0 Å². The molecular weight excluding hydrogens is 164 g/mol. The molecule has 2 atom stereocenters. The summed E-state index contributed by atoms with van der Waals surface area (Å²) in [5.74, 6) is 1.59. The fourth-order valence-corrected chi connectivity index (χ4v) is 1.84. The number of nitrogens with one attached hydrogen (secondary N) is 1. The van der Waals surface area contributed by atoms with Crippen LogP contribution in [-0.2, 0) is 0 Å². The molecule has 0 aliphatic carbocycles. The Bertz CT molecular complexity index is 255. The minimum atomic E-state index is 0.292. The first-order valence-corrected chi connectivity index (χ1v) is 4.77. The second-order valence-electron chi connectivity index (χ2n) is 3.77. The molecule has 1 fully saturated rings. The Kier molecular flexibility index (Phi) is 2.22. The lowest BCUT2D eigenvalue weighted by Gasteiger charge is -2.16. The second kappa shape index (κ2) is 3.38. The third-order valence-electron chi connectivity index (χ3n) is 2.75. The maximum absolute atomic E-state index is 5.86. The number of nitrogens with two attached hydrogens (primary N) is 1. The van der Waals surface area contributed by atoms with Crippen molar-refractivity contribution in [3.8, 4) is 0 Å². The van der Waals surface area contributed by atoms with Gasteiger partial charge in [-0.3, -0.25) is 0 Å². The maximum Gasteiger partial charge on any atom is 0.202 e. The van der Waals surface area contributed by atoms with Gasteiger partial charge in [0.15, 0.2) is 0 Å². The molecule has 4 nitrogen and oxygen atoms in total. The molecule has 2 rings (SSSR count). The number of nitrogens with zero attached hydrogens (tertiary/aromatic N) is 2. The summed E-state index contributed by atoms with van der Waals surface area (Å²) in [7, 11) is 0. The van der Waals surface area contributed by atoms with Crippen LogP contribution in [0.2, 0.25) is 0 Å². The highest BCUT2D eigenvalue weighted by Crippen LogP contribution is 2.21. The fourth-order valence-electron chi connectivity index (χ4n) is 1.84. The summed E-state index contributed by atoms with van der Waals surface area (Å²) < 4.78 is 0. The predicted octanol–water partition coefficient (Wildman–Crippen LogP) is 0.583. The standard InChI is InChI=1S/C9H16N4/c1-7(10)8-2-5-13(6-8)9-11-3-4-12-9/h3-4,7-8H,2,5-6,10H2,1H3,(H,11,12). The van der Waals surface area contributed by atoms with Gasteiger partial charge in [0.1, 0.15) is 0 Å². The topological polar surface area (TPSA) is 57.9 Å². The first kappa shape index (κ1) is 8.56. The zero-order chi connectivity index (χ0) is 9.26. The molecule has 1 aliphatic heterocycles. The van der Waals surface area contributed by atoms with E-state index in [9.17, 15) is 0 Å². The molecule has 2 unspecified atom stereocenters. The lowest BCUT2D eigenvalue weighted by molar-refractivity contribution is 0.488. The zero-order valence-electron chi connectivity index (χ0n) is 7.90. The highest BCUT2D eigenvalue weighted by Gasteiger charge is 2.26. The Labute approximate surface area is 78.1 Å². The van der Waals surface area contributed by atoms with Crippen LogP contribution in [0, 0.1) is 5.92 Å².